The minimum atomic E-state index is -0.593. The number of amides is 3. The van der Waals surface area contributed by atoms with Crippen molar-refractivity contribution in [1.29, 1.82) is 0 Å². The van der Waals surface area contributed by atoms with E-state index in [1.807, 2.05) is 0 Å². The molecule has 0 saturated carbocycles. The molecule has 144 valence electrons. The molecule has 0 fully saturated rings. The summed E-state index contributed by atoms with van der Waals surface area (Å²) in [5.74, 6) is -1.53. The van der Waals surface area contributed by atoms with Gasteiger partial charge in [0.25, 0.3) is 17.5 Å². The molecule has 0 aliphatic rings. The Morgan fingerprint density at radius 2 is 1.68 bits per heavy atom. The molecule has 2 aromatic rings. The van der Waals surface area contributed by atoms with Crippen LogP contribution in [0.1, 0.15) is 15.9 Å². The molecular formula is C18H17N5O5. The zero-order valence-electron chi connectivity index (χ0n) is 14.6. The number of hydrogen-bond acceptors (Lipinski definition) is 6. The van der Waals surface area contributed by atoms with Gasteiger partial charge in [-0.2, -0.15) is 5.10 Å². The number of non-ortho nitro benzene ring substituents is 1. The molecule has 0 aliphatic heterocycles. The monoisotopic (exact) mass is 383 g/mol. The van der Waals surface area contributed by atoms with Crippen LogP contribution in [0.4, 0.5) is 5.69 Å². The highest BCUT2D eigenvalue weighted by molar-refractivity contribution is 5.96. The molecule has 3 N–H and O–H groups in total. The molecule has 0 unspecified atom stereocenters. The SMILES string of the molecule is O=C(CNC(=O)c1ccccc1)NCC(=O)N/N=C/c1cccc([N+](=O)[O-])c1. The van der Waals surface area contributed by atoms with Gasteiger partial charge < -0.3 is 10.6 Å². The lowest BCUT2D eigenvalue weighted by Gasteiger charge is -2.06. The Balaban J connectivity index is 1.70. The summed E-state index contributed by atoms with van der Waals surface area (Å²) in [6.45, 7) is -0.621. The Morgan fingerprint density at radius 3 is 2.39 bits per heavy atom. The quantitative estimate of drug-likeness (QED) is 0.347. The van der Waals surface area contributed by atoms with E-state index in [2.05, 4.69) is 21.2 Å². The maximum absolute atomic E-state index is 11.8. The molecule has 3 amide bonds. The third-order valence-electron chi connectivity index (χ3n) is 3.38. The van der Waals surface area contributed by atoms with Gasteiger partial charge in [-0.3, -0.25) is 24.5 Å². The maximum Gasteiger partial charge on any atom is 0.270 e. The largest absolute Gasteiger partial charge is 0.345 e. The van der Waals surface area contributed by atoms with Gasteiger partial charge in [0.15, 0.2) is 0 Å². The molecule has 2 rings (SSSR count). The number of benzene rings is 2. The summed E-state index contributed by atoms with van der Waals surface area (Å²) >= 11 is 0. The van der Waals surface area contributed by atoms with Crippen LogP contribution < -0.4 is 16.1 Å². The van der Waals surface area contributed by atoms with Gasteiger partial charge in [0.2, 0.25) is 5.91 Å². The summed E-state index contributed by atoms with van der Waals surface area (Å²) < 4.78 is 0. The highest BCUT2D eigenvalue weighted by Gasteiger charge is 2.09. The van der Waals surface area contributed by atoms with Crippen LogP contribution >= 0.6 is 0 Å². The van der Waals surface area contributed by atoms with Crippen LogP contribution in [0.5, 0.6) is 0 Å². The topological polar surface area (TPSA) is 143 Å². The summed E-state index contributed by atoms with van der Waals surface area (Å²) in [4.78, 5) is 45.3. The van der Waals surface area contributed by atoms with Crippen LogP contribution in [-0.4, -0.2) is 41.9 Å². The molecule has 0 saturated heterocycles. The van der Waals surface area contributed by atoms with Crippen molar-refractivity contribution in [2.75, 3.05) is 13.1 Å². The van der Waals surface area contributed by atoms with E-state index in [0.717, 1.165) is 0 Å². The summed E-state index contributed by atoms with van der Waals surface area (Å²) in [7, 11) is 0. The molecule has 0 heterocycles. The Hall–Kier alpha value is -4.08. The maximum atomic E-state index is 11.8. The number of carbonyl (C=O) groups excluding carboxylic acids is 3. The summed E-state index contributed by atoms with van der Waals surface area (Å²) in [6, 6.07) is 14.1. The lowest BCUT2D eigenvalue weighted by atomic mass is 10.2. The van der Waals surface area contributed by atoms with Crippen LogP contribution in [0.25, 0.3) is 0 Å². The highest BCUT2D eigenvalue weighted by atomic mass is 16.6. The highest BCUT2D eigenvalue weighted by Crippen LogP contribution is 2.11. The van der Waals surface area contributed by atoms with Gasteiger partial charge in [-0.25, -0.2) is 5.43 Å². The summed E-state index contributed by atoms with van der Waals surface area (Å²) in [5.41, 5.74) is 2.94. The predicted molar refractivity (Wildman–Crippen MR) is 101 cm³/mol. The summed E-state index contributed by atoms with van der Waals surface area (Å²) in [5, 5.41) is 19.1. The van der Waals surface area contributed by atoms with E-state index < -0.39 is 22.6 Å². The Labute approximate surface area is 159 Å². The lowest BCUT2D eigenvalue weighted by Crippen LogP contribution is -2.41. The van der Waals surface area contributed by atoms with Crippen molar-refractivity contribution in [2.45, 2.75) is 0 Å². The second kappa shape index (κ2) is 10.2. The smallest absolute Gasteiger partial charge is 0.270 e. The van der Waals surface area contributed by atoms with Gasteiger partial charge >= 0.3 is 0 Å². The number of nitrogens with one attached hydrogen (secondary N) is 3. The van der Waals surface area contributed by atoms with Crippen molar-refractivity contribution in [3.63, 3.8) is 0 Å². The van der Waals surface area contributed by atoms with Crippen LogP contribution in [0.15, 0.2) is 59.7 Å². The third kappa shape index (κ3) is 6.67. The van der Waals surface area contributed by atoms with Crippen molar-refractivity contribution in [2.24, 2.45) is 5.10 Å². The number of nitro benzene ring substituents is 1. The van der Waals surface area contributed by atoms with Crippen LogP contribution in [0, 0.1) is 10.1 Å². The number of nitro groups is 1. The first-order chi connectivity index (χ1) is 13.5. The van der Waals surface area contributed by atoms with E-state index in [1.54, 1.807) is 36.4 Å². The first-order valence-corrected chi connectivity index (χ1v) is 8.12. The van der Waals surface area contributed by atoms with Crippen LogP contribution in [0.3, 0.4) is 0 Å². The Morgan fingerprint density at radius 1 is 0.964 bits per heavy atom. The number of hydrogen-bond donors (Lipinski definition) is 3. The van der Waals surface area contributed by atoms with Crippen LogP contribution in [0.2, 0.25) is 0 Å². The minimum Gasteiger partial charge on any atom is -0.345 e. The number of hydrazone groups is 1. The van der Waals surface area contributed by atoms with E-state index in [1.165, 1.54) is 24.4 Å². The fourth-order valence-corrected chi connectivity index (χ4v) is 2.03. The van der Waals surface area contributed by atoms with Gasteiger partial charge in [0.05, 0.1) is 24.2 Å². The number of rotatable bonds is 8. The zero-order chi connectivity index (χ0) is 20.4. The zero-order valence-corrected chi connectivity index (χ0v) is 14.6. The second-order valence-corrected chi connectivity index (χ2v) is 5.47. The van der Waals surface area contributed by atoms with E-state index in [-0.39, 0.29) is 18.8 Å². The standard InChI is InChI=1S/C18H17N5O5/c24-16(11-20-18(26)14-6-2-1-3-7-14)19-12-17(25)22-21-10-13-5-4-8-15(9-13)23(27)28/h1-10H,11-12H2,(H,19,24)(H,20,26)(H,22,25)/b21-10+. The number of carbonyl (C=O) groups is 3. The fourth-order valence-electron chi connectivity index (χ4n) is 2.03. The molecule has 0 spiro atoms. The molecule has 0 radical (unpaired) electrons. The van der Waals surface area contributed by atoms with Crippen molar-refractivity contribution in [3.8, 4) is 0 Å². The van der Waals surface area contributed by atoms with Gasteiger partial charge in [0, 0.05) is 23.3 Å². The van der Waals surface area contributed by atoms with Crippen molar-refractivity contribution in [1.82, 2.24) is 16.1 Å². The van der Waals surface area contributed by atoms with Crippen LogP contribution in [-0.2, 0) is 9.59 Å². The van der Waals surface area contributed by atoms with E-state index >= 15 is 0 Å². The molecule has 0 aromatic heterocycles. The van der Waals surface area contributed by atoms with Gasteiger partial charge in [-0.05, 0) is 12.1 Å². The Kier molecular flexibility index (Phi) is 7.34. The van der Waals surface area contributed by atoms with E-state index in [0.29, 0.717) is 11.1 Å². The molecule has 0 aliphatic carbocycles. The molecule has 10 heteroatoms. The van der Waals surface area contributed by atoms with Gasteiger partial charge in [-0.1, -0.05) is 30.3 Å². The molecule has 28 heavy (non-hydrogen) atoms. The second-order valence-electron chi connectivity index (χ2n) is 5.47. The van der Waals surface area contributed by atoms with E-state index in [4.69, 9.17) is 0 Å². The van der Waals surface area contributed by atoms with E-state index in [9.17, 15) is 24.5 Å². The Bertz CT molecular complexity index is 898. The molecule has 0 atom stereocenters. The summed E-state index contributed by atoms with van der Waals surface area (Å²) in [6.07, 6.45) is 1.24. The van der Waals surface area contributed by atoms with Crippen molar-refractivity contribution in [3.05, 3.63) is 75.8 Å². The van der Waals surface area contributed by atoms with Crippen molar-refractivity contribution >= 4 is 29.6 Å². The molecule has 0 bridgehead atoms. The van der Waals surface area contributed by atoms with Gasteiger partial charge in [-0.15, -0.1) is 0 Å². The molecule has 10 nitrogen and oxygen atoms in total. The predicted octanol–water partition coefficient (Wildman–Crippen LogP) is 0.591. The normalized spacial score (nSPS) is 10.3. The number of nitrogens with zero attached hydrogens (tertiary/aromatic N) is 2. The minimum absolute atomic E-state index is 0.0971. The fraction of sp³-hybridized carbons (Fsp3) is 0.111. The third-order valence-corrected chi connectivity index (χ3v) is 3.38. The average molecular weight is 383 g/mol. The molecule has 2 aromatic carbocycles. The van der Waals surface area contributed by atoms with Crippen molar-refractivity contribution < 1.29 is 19.3 Å². The first kappa shape index (κ1) is 20.2. The van der Waals surface area contributed by atoms with Gasteiger partial charge in [0.1, 0.15) is 0 Å². The first-order valence-electron chi connectivity index (χ1n) is 8.12. The molecular weight excluding hydrogens is 366 g/mol. The average Bonchev–Trinajstić information content (AvgIpc) is 2.71. The lowest BCUT2D eigenvalue weighted by molar-refractivity contribution is -0.384.